The van der Waals surface area contributed by atoms with E-state index in [0.29, 0.717) is 11.4 Å². The number of carbonyl (C=O) groups is 1. The van der Waals surface area contributed by atoms with Crippen LogP contribution >= 0.6 is 11.6 Å². The van der Waals surface area contributed by atoms with Crippen molar-refractivity contribution in [1.82, 2.24) is 0 Å². The average molecular weight is 305 g/mol. The van der Waals surface area contributed by atoms with Crippen molar-refractivity contribution < 1.29 is 9.53 Å². The first kappa shape index (κ1) is 15.2. The fourth-order valence-electron chi connectivity index (χ4n) is 2.06. The zero-order valence-corrected chi connectivity index (χ0v) is 12.6. The third-order valence-electron chi connectivity index (χ3n) is 3.08. The van der Waals surface area contributed by atoms with Crippen LogP contribution in [0.4, 0.5) is 5.69 Å². The Kier molecular flexibility index (Phi) is 4.38. The maximum Gasteiger partial charge on any atom is 0.252 e. The van der Waals surface area contributed by atoms with Crippen LogP contribution in [0.5, 0.6) is 11.5 Å². The second-order valence-corrected chi connectivity index (χ2v) is 5.45. The number of hydrogen-bond acceptors (Lipinski definition) is 3. The Morgan fingerprint density at radius 1 is 1.24 bits per heavy atom. The Bertz CT molecular complexity index is 684. The molecule has 0 aliphatic carbocycles. The number of hydrogen-bond donors (Lipinski definition) is 2. The second kappa shape index (κ2) is 6.06. The highest BCUT2D eigenvalue weighted by Crippen LogP contribution is 2.37. The van der Waals surface area contributed by atoms with Crippen molar-refractivity contribution in [1.29, 1.82) is 0 Å². The maximum atomic E-state index is 11.6. The second-order valence-electron chi connectivity index (χ2n) is 5.04. The number of para-hydroxylation sites is 1. The Morgan fingerprint density at radius 3 is 2.52 bits per heavy atom. The van der Waals surface area contributed by atoms with Crippen molar-refractivity contribution in [3.8, 4) is 11.5 Å². The van der Waals surface area contributed by atoms with Gasteiger partial charge in [0.2, 0.25) is 0 Å². The number of primary amides is 1. The number of carbonyl (C=O) groups excluding carboxylic acids is 1. The van der Waals surface area contributed by atoms with Gasteiger partial charge in [-0.15, -0.1) is 0 Å². The lowest BCUT2D eigenvalue weighted by atomic mass is 10.0. The first-order valence-electron chi connectivity index (χ1n) is 6.55. The van der Waals surface area contributed by atoms with Crippen molar-refractivity contribution >= 4 is 23.2 Å². The molecule has 0 aliphatic rings. The maximum absolute atomic E-state index is 11.6. The molecule has 21 heavy (non-hydrogen) atoms. The highest BCUT2D eigenvalue weighted by molar-refractivity contribution is 6.33. The molecule has 0 radical (unpaired) electrons. The number of rotatable bonds is 4. The predicted octanol–water partition coefficient (Wildman–Crippen LogP) is 3.94. The van der Waals surface area contributed by atoms with E-state index in [4.69, 9.17) is 27.8 Å². The summed E-state index contributed by atoms with van der Waals surface area (Å²) in [6.45, 7) is 4.11. The molecular formula is C16H17ClN2O2. The Hall–Kier alpha value is -2.20. The fourth-order valence-corrected chi connectivity index (χ4v) is 2.33. The third-order valence-corrected chi connectivity index (χ3v) is 3.37. The molecule has 0 bridgehead atoms. The average Bonchev–Trinajstić information content (AvgIpc) is 2.41. The van der Waals surface area contributed by atoms with Crippen LogP contribution in [0.3, 0.4) is 0 Å². The van der Waals surface area contributed by atoms with E-state index >= 15 is 0 Å². The van der Waals surface area contributed by atoms with Gasteiger partial charge in [0.05, 0.1) is 10.6 Å². The van der Waals surface area contributed by atoms with E-state index in [9.17, 15) is 4.79 Å². The third kappa shape index (κ3) is 3.28. The summed E-state index contributed by atoms with van der Waals surface area (Å²) in [5.41, 5.74) is 12.6. The largest absolute Gasteiger partial charge is 0.455 e. The number of amides is 1. The summed E-state index contributed by atoms with van der Waals surface area (Å²) in [6.07, 6.45) is 0. The van der Waals surface area contributed by atoms with Crippen LogP contribution in [0, 0.1) is 0 Å². The summed E-state index contributed by atoms with van der Waals surface area (Å²) in [6, 6.07) is 10.6. The van der Waals surface area contributed by atoms with E-state index in [-0.39, 0.29) is 22.3 Å². The van der Waals surface area contributed by atoms with Gasteiger partial charge in [-0.25, -0.2) is 0 Å². The first-order valence-corrected chi connectivity index (χ1v) is 6.93. The summed E-state index contributed by atoms with van der Waals surface area (Å²) in [5, 5.41) is 0.252. The van der Waals surface area contributed by atoms with Gasteiger partial charge in [0.15, 0.2) is 5.75 Å². The van der Waals surface area contributed by atoms with Gasteiger partial charge in [-0.05, 0) is 29.7 Å². The van der Waals surface area contributed by atoms with Crippen LogP contribution in [0.1, 0.15) is 35.7 Å². The van der Waals surface area contributed by atoms with Gasteiger partial charge in [-0.1, -0.05) is 43.6 Å². The minimum atomic E-state index is -0.638. The molecule has 0 atom stereocenters. The fraction of sp³-hybridized carbons (Fsp3) is 0.188. The number of ether oxygens (including phenoxy) is 1. The lowest BCUT2D eigenvalue weighted by Crippen LogP contribution is -2.13. The molecule has 5 heteroatoms. The van der Waals surface area contributed by atoms with Crippen LogP contribution in [-0.2, 0) is 0 Å². The smallest absolute Gasteiger partial charge is 0.252 e. The summed E-state index contributed by atoms with van der Waals surface area (Å²) < 4.78 is 5.86. The number of nitrogen functional groups attached to an aromatic ring is 1. The highest BCUT2D eigenvalue weighted by Gasteiger charge is 2.17. The summed E-state index contributed by atoms with van der Waals surface area (Å²) >= 11 is 6.15. The molecule has 0 spiro atoms. The molecule has 0 fully saturated rings. The Labute approximate surface area is 128 Å². The summed E-state index contributed by atoms with van der Waals surface area (Å²) in [4.78, 5) is 11.6. The minimum absolute atomic E-state index is 0.165. The zero-order chi connectivity index (χ0) is 15.6. The molecular weight excluding hydrogens is 288 g/mol. The Balaban J connectivity index is 2.52. The zero-order valence-electron chi connectivity index (χ0n) is 11.9. The molecule has 2 aromatic carbocycles. The molecule has 0 saturated carbocycles. The van der Waals surface area contributed by atoms with E-state index in [1.807, 2.05) is 24.3 Å². The van der Waals surface area contributed by atoms with Crippen LogP contribution in [0.2, 0.25) is 5.02 Å². The van der Waals surface area contributed by atoms with Crippen molar-refractivity contribution in [3.05, 3.63) is 52.5 Å². The number of halogens is 1. The predicted molar refractivity (Wildman–Crippen MR) is 85.0 cm³/mol. The van der Waals surface area contributed by atoms with E-state index in [1.54, 1.807) is 0 Å². The van der Waals surface area contributed by atoms with Crippen LogP contribution in [0.25, 0.3) is 0 Å². The van der Waals surface area contributed by atoms with E-state index in [2.05, 4.69) is 13.8 Å². The molecule has 0 aliphatic heterocycles. The lowest BCUT2D eigenvalue weighted by Gasteiger charge is -2.16. The van der Waals surface area contributed by atoms with Crippen LogP contribution < -0.4 is 16.2 Å². The monoisotopic (exact) mass is 304 g/mol. The van der Waals surface area contributed by atoms with E-state index in [0.717, 1.165) is 5.56 Å². The molecule has 4 N–H and O–H groups in total. The lowest BCUT2D eigenvalue weighted by molar-refractivity contribution is 0.0998. The van der Waals surface area contributed by atoms with Gasteiger partial charge >= 0.3 is 0 Å². The quantitative estimate of drug-likeness (QED) is 0.840. The van der Waals surface area contributed by atoms with Crippen molar-refractivity contribution in [2.45, 2.75) is 19.8 Å². The highest BCUT2D eigenvalue weighted by atomic mass is 35.5. The van der Waals surface area contributed by atoms with Crippen molar-refractivity contribution in [3.63, 3.8) is 0 Å². The van der Waals surface area contributed by atoms with Gasteiger partial charge in [-0.2, -0.15) is 0 Å². The van der Waals surface area contributed by atoms with Gasteiger partial charge in [0.1, 0.15) is 5.75 Å². The molecule has 2 aromatic rings. The SMILES string of the molecule is CC(C)c1ccccc1Oc1c(Cl)cc(N)cc1C(N)=O. The van der Waals surface area contributed by atoms with Gasteiger partial charge in [0.25, 0.3) is 5.91 Å². The van der Waals surface area contributed by atoms with Gasteiger partial charge < -0.3 is 16.2 Å². The molecule has 0 unspecified atom stereocenters. The normalized spacial score (nSPS) is 10.7. The van der Waals surface area contributed by atoms with E-state index < -0.39 is 5.91 Å². The van der Waals surface area contributed by atoms with Gasteiger partial charge in [-0.3, -0.25) is 4.79 Å². The number of benzene rings is 2. The summed E-state index contributed by atoms with van der Waals surface area (Å²) in [5.74, 6) is 0.500. The van der Waals surface area contributed by atoms with Gasteiger partial charge in [0, 0.05) is 5.69 Å². The Morgan fingerprint density at radius 2 is 1.90 bits per heavy atom. The van der Waals surface area contributed by atoms with Crippen molar-refractivity contribution in [2.24, 2.45) is 5.73 Å². The molecule has 0 heterocycles. The minimum Gasteiger partial charge on any atom is -0.455 e. The molecule has 2 rings (SSSR count). The van der Waals surface area contributed by atoms with Crippen molar-refractivity contribution in [2.75, 3.05) is 5.73 Å². The topological polar surface area (TPSA) is 78.3 Å². The number of nitrogens with two attached hydrogens (primary N) is 2. The van der Waals surface area contributed by atoms with E-state index in [1.165, 1.54) is 12.1 Å². The first-order chi connectivity index (χ1) is 9.90. The standard InChI is InChI=1S/C16H17ClN2O2/c1-9(2)11-5-3-4-6-14(11)21-15-12(16(19)20)7-10(18)8-13(15)17/h3-9H,18H2,1-2H3,(H2,19,20). The number of anilines is 1. The molecule has 0 saturated heterocycles. The molecule has 4 nitrogen and oxygen atoms in total. The molecule has 0 aromatic heterocycles. The van der Waals surface area contributed by atoms with Crippen LogP contribution in [0.15, 0.2) is 36.4 Å². The summed E-state index contributed by atoms with van der Waals surface area (Å²) in [7, 11) is 0. The molecule has 1 amide bonds. The van der Waals surface area contributed by atoms with Crippen LogP contribution in [-0.4, -0.2) is 5.91 Å². The molecule has 110 valence electrons.